The zero-order chi connectivity index (χ0) is 15.4. The number of ether oxygens (including phenoxy) is 1. The van der Waals surface area contributed by atoms with Gasteiger partial charge in [-0.15, -0.1) is 0 Å². The Morgan fingerprint density at radius 1 is 1.41 bits per heavy atom. The number of hydrogen-bond acceptors (Lipinski definition) is 5. The van der Waals surface area contributed by atoms with Crippen LogP contribution in [0.5, 0.6) is 5.75 Å². The Morgan fingerprint density at radius 3 is 3.14 bits per heavy atom. The quantitative estimate of drug-likeness (QED) is 0.867. The zero-order valence-electron chi connectivity index (χ0n) is 12.6. The summed E-state index contributed by atoms with van der Waals surface area (Å²) in [7, 11) is 0. The zero-order valence-corrected chi connectivity index (χ0v) is 13.3. The highest BCUT2D eigenvalue weighted by Crippen LogP contribution is 2.27. The van der Waals surface area contributed by atoms with Crippen molar-refractivity contribution in [2.75, 3.05) is 24.6 Å². The molecule has 0 bridgehead atoms. The number of rotatable bonds is 4. The SMILES string of the molecule is Cc1cc(OCC2CCCN(c3ncncc3Cl)C2)ccn1. The van der Waals surface area contributed by atoms with Gasteiger partial charge in [-0.1, -0.05) is 11.6 Å². The van der Waals surface area contributed by atoms with Crippen LogP contribution in [-0.2, 0) is 0 Å². The number of aromatic nitrogens is 3. The summed E-state index contributed by atoms with van der Waals surface area (Å²) in [4.78, 5) is 14.6. The highest BCUT2D eigenvalue weighted by molar-refractivity contribution is 6.32. The van der Waals surface area contributed by atoms with Crippen LogP contribution in [0.15, 0.2) is 30.9 Å². The number of aryl methyl sites for hydroxylation is 1. The first-order chi connectivity index (χ1) is 10.7. The first kappa shape index (κ1) is 15.0. The third-order valence-corrected chi connectivity index (χ3v) is 4.09. The fraction of sp³-hybridized carbons (Fsp3) is 0.438. The maximum atomic E-state index is 6.19. The molecular weight excluding hydrogens is 300 g/mol. The second-order valence-electron chi connectivity index (χ2n) is 5.59. The van der Waals surface area contributed by atoms with Gasteiger partial charge in [-0.3, -0.25) is 4.98 Å². The molecule has 0 aromatic carbocycles. The summed E-state index contributed by atoms with van der Waals surface area (Å²) in [5.41, 5.74) is 0.968. The fourth-order valence-corrected chi connectivity index (χ4v) is 2.98. The molecule has 1 atom stereocenters. The van der Waals surface area contributed by atoms with E-state index in [-0.39, 0.29) is 0 Å². The normalized spacial score (nSPS) is 18.3. The van der Waals surface area contributed by atoms with Gasteiger partial charge in [0.05, 0.1) is 12.8 Å². The minimum atomic E-state index is 0.466. The predicted octanol–water partition coefficient (Wildman–Crippen LogP) is 3.13. The maximum absolute atomic E-state index is 6.19. The lowest BCUT2D eigenvalue weighted by Crippen LogP contribution is -2.38. The summed E-state index contributed by atoms with van der Waals surface area (Å²) in [6.07, 6.45) is 7.23. The van der Waals surface area contributed by atoms with Crippen LogP contribution in [0.3, 0.4) is 0 Å². The molecule has 0 saturated carbocycles. The minimum absolute atomic E-state index is 0.466. The Bertz CT molecular complexity index is 637. The molecule has 1 aliphatic rings. The van der Waals surface area contributed by atoms with Crippen LogP contribution < -0.4 is 9.64 Å². The number of piperidine rings is 1. The van der Waals surface area contributed by atoms with Gasteiger partial charge in [0.2, 0.25) is 0 Å². The lowest BCUT2D eigenvalue weighted by Gasteiger charge is -2.33. The molecule has 2 aromatic heterocycles. The molecular formula is C16H19ClN4O. The Balaban J connectivity index is 1.60. The molecule has 1 fully saturated rings. The third kappa shape index (κ3) is 3.65. The number of halogens is 1. The van der Waals surface area contributed by atoms with Gasteiger partial charge in [0.25, 0.3) is 0 Å². The average molecular weight is 319 g/mol. The first-order valence-electron chi connectivity index (χ1n) is 7.48. The smallest absolute Gasteiger partial charge is 0.150 e. The third-order valence-electron chi connectivity index (χ3n) is 3.82. The highest BCUT2D eigenvalue weighted by Gasteiger charge is 2.23. The minimum Gasteiger partial charge on any atom is -0.493 e. The fourth-order valence-electron chi connectivity index (χ4n) is 2.76. The highest BCUT2D eigenvalue weighted by atomic mass is 35.5. The summed E-state index contributed by atoms with van der Waals surface area (Å²) in [6, 6.07) is 3.86. The van der Waals surface area contributed by atoms with Crippen LogP contribution in [0.25, 0.3) is 0 Å². The Kier molecular flexibility index (Phi) is 4.73. The van der Waals surface area contributed by atoms with Gasteiger partial charge in [0, 0.05) is 37.0 Å². The van der Waals surface area contributed by atoms with Crippen molar-refractivity contribution < 1.29 is 4.74 Å². The largest absolute Gasteiger partial charge is 0.493 e. The van der Waals surface area contributed by atoms with Crippen molar-refractivity contribution in [1.29, 1.82) is 0 Å². The second-order valence-corrected chi connectivity index (χ2v) is 6.00. The van der Waals surface area contributed by atoms with Gasteiger partial charge in [-0.2, -0.15) is 0 Å². The van der Waals surface area contributed by atoms with E-state index in [1.54, 1.807) is 18.7 Å². The van der Waals surface area contributed by atoms with Crippen molar-refractivity contribution in [1.82, 2.24) is 15.0 Å². The van der Waals surface area contributed by atoms with Gasteiger partial charge < -0.3 is 9.64 Å². The molecule has 1 aliphatic heterocycles. The molecule has 0 N–H and O–H groups in total. The van der Waals surface area contributed by atoms with E-state index >= 15 is 0 Å². The Morgan fingerprint density at radius 2 is 2.32 bits per heavy atom. The standard InChI is InChI=1S/C16H19ClN4O/c1-12-7-14(4-5-19-12)22-10-13-3-2-6-21(9-13)16-15(17)8-18-11-20-16/h4-5,7-8,11,13H,2-3,6,9-10H2,1H3. The summed E-state index contributed by atoms with van der Waals surface area (Å²) < 4.78 is 5.91. The van der Waals surface area contributed by atoms with Crippen LogP contribution >= 0.6 is 11.6 Å². The molecule has 2 aromatic rings. The lowest BCUT2D eigenvalue weighted by atomic mass is 9.99. The molecule has 3 heterocycles. The summed E-state index contributed by atoms with van der Waals surface area (Å²) >= 11 is 6.19. The van der Waals surface area contributed by atoms with E-state index in [2.05, 4.69) is 19.9 Å². The monoisotopic (exact) mass is 318 g/mol. The Labute approximate surface area is 135 Å². The van der Waals surface area contributed by atoms with Crippen molar-refractivity contribution in [2.24, 2.45) is 5.92 Å². The van der Waals surface area contributed by atoms with Crippen molar-refractivity contribution in [3.63, 3.8) is 0 Å². The number of nitrogens with zero attached hydrogens (tertiary/aromatic N) is 4. The number of anilines is 1. The molecule has 1 saturated heterocycles. The molecule has 22 heavy (non-hydrogen) atoms. The van der Waals surface area contributed by atoms with Crippen LogP contribution in [0.2, 0.25) is 5.02 Å². The molecule has 116 valence electrons. The molecule has 0 radical (unpaired) electrons. The van der Waals surface area contributed by atoms with Gasteiger partial charge >= 0.3 is 0 Å². The van der Waals surface area contributed by atoms with Gasteiger partial charge in [0.15, 0.2) is 5.82 Å². The van der Waals surface area contributed by atoms with Crippen LogP contribution in [0, 0.1) is 12.8 Å². The molecule has 1 unspecified atom stereocenters. The van der Waals surface area contributed by atoms with Gasteiger partial charge in [-0.25, -0.2) is 9.97 Å². The van der Waals surface area contributed by atoms with Crippen LogP contribution in [0.4, 0.5) is 5.82 Å². The Hall–Kier alpha value is -1.88. The van der Waals surface area contributed by atoms with Crippen molar-refractivity contribution in [3.05, 3.63) is 41.6 Å². The molecule has 0 spiro atoms. The molecule has 3 rings (SSSR count). The predicted molar refractivity (Wildman–Crippen MR) is 86.4 cm³/mol. The maximum Gasteiger partial charge on any atom is 0.150 e. The van der Waals surface area contributed by atoms with Crippen molar-refractivity contribution in [2.45, 2.75) is 19.8 Å². The van der Waals surface area contributed by atoms with E-state index in [0.717, 1.165) is 43.2 Å². The van der Waals surface area contributed by atoms with E-state index in [9.17, 15) is 0 Å². The topological polar surface area (TPSA) is 51.1 Å². The molecule has 0 amide bonds. The second kappa shape index (κ2) is 6.92. The van der Waals surface area contributed by atoms with E-state index < -0.39 is 0 Å². The van der Waals surface area contributed by atoms with Crippen molar-refractivity contribution in [3.8, 4) is 5.75 Å². The first-order valence-corrected chi connectivity index (χ1v) is 7.86. The van der Waals surface area contributed by atoms with E-state index in [1.807, 2.05) is 19.1 Å². The summed E-state index contributed by atoms with van der Waals surface area (Å²) in [5.74, 6) is 2.17. The van der Waals surface area contributed by atoms with Crippen LogP contribution in [-0.4, -0.2) is 34.6 Å². The van der Waals surface area contributed by atoms with E-state index in [4.69, 9.17) is 16.3 Å². The number of pyridine rings is 1. The van der Waals surface area contributed by atoms with E-state index in [1.165, 1.54) is 0 Å². The molecule has 0 aliphatic carbocycles. The molecule has 5 nitrogen and oxygen atoms in total. The summed E-state index contributed by atoms with van der Waals surface area (Å²) in [6.45, 7) is 4.54. The average Bonchev–Trinajstić information content (AvgIpc) is 2.54. The molecule has 6 heteroatoms. The summed E-state index contributed by atoms with van der Waals surface area (Å²) in [5, 5.41) is 0.605. The van der Waals surface area contributed by atoms with Gasteiger partial charge in [0.1, 0.15) is 17.1 Å². The van der Waals surface area contributed by atoms with Crippen LogP contribution in [0.1, 0.15) is 18.5 Å². The van der Waals surface area contributed by atoms with Crippen molar-refractivity contribution >= 4 is 17.4 Å². The van der Waals surface area contributed by atoms with E-state index in [0.29, 0.717) is 17.5 Å². The lowest BCUT2D eigenvalue weighted by molar-refractivity contribution is 0.228. The number of hydrogen-bond donors (Lipinski definition) is 0. The van der Waals surface area contributed by atoms with Gasteiger partial charge in [-0.05, 0) is 25.8 Å².